The molecule has 8 heteroatoms. The highest BCUT2D eigenvalue weighted by Crippen LogP contribution is 2.24. The number of halogens is 2. The Hall–Kier alpha value is -3.16. The summed E-state index contributed by atoms with van der Waals surface area (Å²) >= 11 is 0. The summed E-state index contributed by atoms with van der Waals surface area (Å²) in [5.74, 6) is -4.90. The van der Waals surface area contributed by atoms with E-state index in [4.69, 9.17) is 5.11 Å². The van der Waals surface area contributed by atoms with Crippen LogP contribution in [0.3, 0.4) is 0 Å². The maximum atomic E-state index is 13.2. The van der Waals surface area contributed by atoms with Crippen molar-refractivity contribution in [3.05, 3.63) is 59.7 Å². The fourth-order valence-electron chi connectivity index (χ4n) is 2.01. The van der Waals surface area contributed by atoms with Gasteiger partial charge in [0.15, 0.2) is 17.4 Å². The van der Waals surface area contributed by atoms with Crippen molar-refractivity contribution >= 4 is 17.7 Å². The van der Waals surface area contributed by atoms with E-state index in [0.29, 0.717) is 17.7 Å². The van der Waals surface area contributed by atoms with Gasteiger partial charge in [-0.3, -0.25) is 0 Å². The van der Waals surface area contributed by atoms with Gasteiger partial charge in [0.25, 0.3) is 0 Å². The van der Waals surface area contributed by atoms with Crippen molar-refractivity contribution in [3.8, 4) is 5.75 Å². The van der Waals surface area contributed by atoms with Gasteiger partial charge in [-0.15, -0.1) is 0 Å². The summed E-state index contributed by atoms with van der Waals surface area (Å²) in [6.45, 7) is 0. The molecule has 24 heavy (non-hydrogen) atoms. The van der Waals surface area contributed by atoms with E-state index in [1.165, 1.54) is 0 Å². The Morgan fingerprint density at radius 3 is 2.21 bits per heavy atom. The molecular weight excluding hydrogens is 322 g/mol. The molecule has 0 aliphatic carbocycles. The molecule has 2 amide bonds. The van der Waals surface area contributed by atoms with Crippen LogP contribution in [-0.2, 0) is 11.2 Å². The number of rotatable bonds is 5. The molecule has 0 spiro atoms. The quantitative estimate of drug-likeness (QED) is 0.631. The minimum atomic E-state index is -1.25. The summed E-state index contributed by atoms with van der Waals surface area (Å²) in [4.78, 5) is 23.1. The first kappa shape index (κ1) is 17.2. The molecule has 2 rings (SSSR count). The standard InChI is InChI=1S/C16H14F2N2O4/c17-11-7-10(8-12(18)14(11)21)19-16(24)20-13(15(22)23)6-9-4-2-1-3-5-9/h1-5,7-8,13,21H,6H2,(H,22,23)(H2,19,20,24). The lowest BCUT2D eigenvalue weighted by Gasteiger charge is -2.15. The smallest absolute Gasteiger partial charge is 0.326 e. The maximum Gasteiger partial charge on any atom is 0.326 e. The summed E-state index contributed by atoms with van der Waals surface area (Å²) in [6, 6.07) is 7.91. The number of nitrogens with one attached hydrogen (secondary N) is 2. The van der Waals surface area contributed by atoms with Crippen LogP contribution in [0.15, 0.2) is 42.5 Å². The maximum absolute atomic E-state index is 13.2. The molecule has 2 aromatic rings. The number of anilines is 1. The van der Waals surface area contributed by atoms with Crippen LogP contribution in [0.1, 0.15) is 5.56 Å². The second-order valence-corrected chi connectivity index (χ2v) is 4.97. The molecule has 1 unspecified atom stereocenters. The number of amides is 2. The van der Waals surface area contributed by atoms with Gasteiger partial charge >= 0.3 is 12.0 Å². The van der Waals surface area contributed by atoms with Crippen molar-refractivity contribution in [2.24, 2.45) is 0 Å². The highest BCUT2D eigenvalue weighted by molar-refractivity contribution is 5.92. The van der Waals surface area contributed by atoms with E-state index in [1.54, 1.807) is 30.3 Å². The number of hydrogen-bond donors (Lipinski definition) is 4. The minimum absolute atomic E-state index is 0.0435. The van der Waals surface area contributed by atoms with Crippen LogP contribution < -0.4 is 10.6 Å². The zero-order valence-corrected chi connectivity index (χ0v) is 12.3. The SMILES string of the molecule is O=C(Nc1cc(F)c(O)c(F)c1)NC(Cc1ccccc1)C(=O)O. The van der Waals surface area contributed by atoms with Crippen molar-refractivity contribution in [2.75, 3.05) is 5.32 Å². The van der Waals surface area contributed by atoms with E-state index in [1.807, 2.05) is 0 Å². The van der Waals surface area contributed by atoms with Crippen LogP contribution in [0.25, 0.3) is 0 Å². The summed E-state index contributed by atoms with van der Waals surface area (Å²) in [6.07, 6.45) is 0.0435. The van der Waals surface area contributed by atoms with Crippen molar-refractivity contribution in [3.63, 3.8) is 0 Å². The molecule has 0 heterocycles. The Kier molecular flexibility index (Phi) is 5.31. The summed E-state index contributed by atoms with van der Waals surface area (Å²) < 4.78 is 26.4. The lowest BCUT2D eigenvalue weighted by Crippen LogP contribution is -2.44. The zero-order valence-electron chi connectivity index (χ0n) is 12.3. The number of phenols is 1. The van der Waals surface area contributed by atoms with Gasteiger partial charge < -0.3 is 20.8 Å². The molecule has 0 radical (unpaired) electrons. The average molecular weight is 336 g/mol. The molecule has 126 valence electrons. The van der Waals surface area contributed by atoms with Crippen molar-refractivity contribution < 1.29 is 28.6 Å². The first-order valence-electron chi connectivity index (χ1n) is 6.89. The monoisotopic (exact) mass is 336 g/mol. The van der Waals surface area contributed by atoms with Crippen LogP contribution in [0.4, 0.5) is 19.3 Å². The molecule has 0 aliphatic heterocycles. The van der Waals surface area contributed by atoms with Gasteiger partial charge in [-0.2, -0.15) is 0 Å². The predicted molar refractivity (Wildman–Crippen MR) is 81.7 cm³/mol. The Labute approximate surface area is 135 Å². The summed E-state index contributed by atoms with van der Waals surface area (Å²) in [5.41, 5.74) is 0.441. The van der Waals surface area contributed by atoms with Gasteiger partial charge in [0, 0.05) is 24.2 Å². The highest BCUT2D eigenvalue weighted by Gasteiger charge is 2.21. The molecule has 4 N–H and O–H groups in total. The second-order valence-electron chi connectivity index (χ2n) is 4.97. The van der Waals surface area contributed by atoms with E-state index in [0.717, 1.165) is 0 Å². The fraction of sp³-hybridized carbons (Fsp3) is 0.125. The molecule has 1 atom stereocenters. The second kappa shape index (κ2) is 7.40. The third kappa shape index (κ3) is 4.42. The van der Waals surface area contributed by atoms with Crippen LogP contribution in [-0.4, -0.2) is 28.3 Å². The van der Waals surface area contributed by atoms with Crippen LogP contribution >= 0.6 is 0 Å². The van der Waals surface area contributed by atoms with Crippen LogP contribution in [0.5, 0.6) is 5.75 Å². The summed E-state index contributed by atoms with van der Waals surface area (Å²) in [5, 5.41) is 22.5. The first-order chi connectivity index (χ1) is 11.4. The van der Waals surface area contributed by atoms with Crippen molar-refractivity contribution in [1.29, 1.82) is 0 Å². The molecule has 0 bridgehead atoms. The number of carbonyl (C=O) groups is 2. The number of urea groups is 1. The lowest BCUT2D eigenvalue weighted by molar-refractivity contribution is -0.139. The van der Waals surface area contributed by atoms with Gasteiger partial charge in [0.1, 0.15) is 6.04 Å². The molecule has 0 saturated heterocycles. The Morgan fingerprint density at radius 1 is 1.08 bits per heavy atom. The summed E-state index contributed by atoms with van der Waals surface area (Å²) in [7, 11) is 0. The number of carboxylic acids is 1. The Balaban J connectivity index is 2.04. The lowest BCUT2D eigenvalue weighted by atomic mass is 10.1. The topological polar surface area (TPSA) is 98.7 Å². The number of hydrogen-bond acceptors (Lipinski definition) is 3. The predicted octanol–water partition coefficient (Wildman–Crippen LogP) is 2.49. The van der Waals surface area contributed by atoms with Crippen LogP contribution in [0, 0.1) is 11.6 Å². The van der Waals surface area contributed by atoms with Crippen molar-refractivity contribution in [1.82, 2.24) is 5.32 Å². The van der Waals surface area contributed by atoms with Gasteiger partial charge in [-0.1, -0.05) is 30.3 Å². The van der Waals surface area contributed by atoms with E-state index in [9.17, 15) is 23.5 Å². The van der Waals surface area contributed by atoms with E-state index < -0.39 is 35.4 Å². The molecule has 0 fully saturated rings. The third-order valence-electron chi connectivity index (χ3n) is 3.16. The Bertz CT molecular complexity index is 730. The van der Waals surface area contributed by atoms with E-state index >= 15 is 0 Å². The zero-order chi connectivity index (χ0) is 17.7. The number of aliphatic carboxylic acids is 1. The molecule has 0 saturated carbocycles. The highest BCUT2D eigenvalue weighted by atomic mass is 19.1. The molecule has 2 aromatic carbocycles. The molecule has 6 nitrogen and oxygen atoms in total. The van der Waals surface area contributed by atoms with E-state index in [2.05, 4.69) is 10.6 Å². The number of benzene rings is 2. The molecular formula is C16H14F2N2O4. The minimum Gasteiger partial charge on any atom is -0.503 e. The van der Waals surface area contributed by atoms with Crippen molar-refractivity contribution in [2.45, 2.75) is 12.5 Å². The van der Waals surface area contributed by atoms with Gasteiger partial charge in [-0.25, -0.2) is 18.4 Å². The Morgan fingerprint density at radius 2 is 1.67 bits per heavy atom. The number of aromatic hydroxyl groups is 1. The van der Waals surface area contributed by atoms with Gasteiger partial charge in [0.2, 0.25) is 0 Å². The van der Waals surface area contributed by atoms with Gasteiger partial charge in [0.05, 0.1) is 0 Å². The fourth-order valence-corrected chi connectivity index (χ4v) is 2.01. The largest absolute Gasteiger partial charge is 0.503 e. The first-order valence-corrected chi connectivity index (χ1v) is 6.89. The number of carboxylic acid groups (broad SMARTS) is 1. The molecule has 0 aromatic heterocycles. The number of phenolic OH excluding ortho intramolecular Hbond substituents is 1. The van der Waals surface area contributed by atoms with E-state index in [-0.39, 0.29) is 12.1 Å². The van der Waals surface area contributed by atoms with Crippen LogP contribution in [0.2, 0.25) is 0 Å². The molecule has 0 aliphatic rings. The average Bonchev–Trinajstić information content (AvgIpc) is 2.52. The normalized spacial score (nSPS) is 11.6. The van der Waals surface area contributed by atoms with Gasteiger partial charge in [-0.05, 0) is 5.56 Å². The number of carbonyl (C=O) groups excluding carboxylic acids is 1. The third-order valence-corrected chi connectivity index (χ3v) is 3.16.